The Balaban J connectivity index is 1.85. The van der Waals surface area contributed by atoms with Crippen molar-refractivity contribution in [2.45, 2.75) is 0 Å². The van der Waals surface area contributed by atoms with E-state index in [1.54, 1.807) is 4.57 Å². The van der Waals surface area contributed by atoms with Gasteiger partial charge in [-0.25, -0.2) is 4.98 Å². The summed E-state index contributed by atoms with van der Waals surface area (Å²) in [6.07, 6.45) is 4.98. The summed E-state index contributed by atoms with van der Waals surface area (Å²) in [5, 5.41) is 23.3. The number of aliphatic carboxylic acids is 1. The molecule has 3 heterocycles. The smallest absolute Gasteiger partial charge is 0.322 e. The van der Waals surface area contributed by atoms with Gasteiger partial charge in [0.25, 0.3) is 11.5 Å². The van der Waals surface area contributed by atoms with Gasteiger partial charge >= 0.3 is 5.97 Å². The van der Waals surface area contributed by atoms with Crippen molar-refractivity contribution in [1.82, 2.24) is 24.4 Å². The van der Waals surface area contributed by atoms with Crippen LogP contribution in [0, 0.1) is 0 Å². The van der Waals surface area contributed by atoms with Gasteiger partial charge in [-0.05, 0) is 10.8 Å². The van der Waals surface area contributed by atoms with Gasteiger partial charge in [-0.15, -0.1) is 0 Å². The molecule has 0 bridgehead atoms. The van der Waals surface area contributed by atoms with Gasteiger partial charge in [-0.3, -0.25) is 23.5 Å². The lowest BCUT2D eigenvalue weighted by Crippen LogP contribution is -2.35. The summed E-state index contributed by atoms with van der Waals surface area (Å²) in [5.41, 5.74) is -1.24. The lowest BCUT2D eigenvalue weighted by Gasteiger charge is -2.11. The third-order valence-corrected chi connectivity index (χ3v) is 4.49. The van der Waals surface area contributed by atoms with Gasteiger partial charge in [0, 0.05) is 25.6 Å². The maximum absolute atomic E-state index is 12.6. The third kappa shape index (κ3) is 3.06. The molecule has 0 aliphatic rings. The van der Waals surface area contributed by atoms with Crippen LogP contribution >= 0.6 is 0 Å². The van der Waals surface area contributed by atoms with Crippen LogP contribution in [-0.4, -0.2) is 47.7 Å². The average Bonchev–Trinajstić information content (AvgIpc) is 3.14. The quantitative estimate of drug-likeness (QED) is 0.466. The van der Waals surface area contributed by atoms with Crippen molar-refractivity contribution in [3.05, 3.63) is 58.8 Å². The molecule has 0 saturated heterocycles. The Morgan fingerprint density at radius 3 is 2.45 bits per heavy atom. The standard InChI is InChI=1S/C19H15N5O5/c1-23-16-12(15(27)14(18(23)29)17(28)20-7-13(25)26)6-21-19(22-16)24-8-10-4-2-3-5-11(10)9-24/h2-6,8-9,27H,7H2,1H3,(H,20,28)(H,25,26). The number of nitrogens with zero attached hydrogens (tertiary/aromatic N) is 4. The van der Waals surface area contributed by atoms with Crippen LogP contribution in [-0.2, 0) is 11.8 Å². The largest absolute Gasteiger partial charge is 0.506 e. The second-order valence-corrected chi connectivity index (χ2v) is 6.37. The molecule has 3 N–H and O–H groups in total. The molecule has 0 aliphatic heterocycles. The number of benzene rings is 1. The van der Waals surface area contributed by atoms with Crippen molar-refractivity contribution in [1.29, 1.82) is 0 Å². The zero-order valence-corrected chi connectivity index (χ0v) is 15.2. The first-order chi connectivity index (χ1) is 13.9. The number of carboxylic acid groups (broad SMARTS) is 1. The van der Waals surface area contributed by atoms with Gasteiger partial charge in [0.2, 0.25) is 5.95 Å². The molecule has 146 valence electrons. The van der Waals surface area contributed by atoms with Gasteiger partial charge in [0.05, 0.1) is 5.39 Å². The maximum atomic E-state index is 12.6. The topological polar surface area (TPSA) is 139 Å². The van der Waals surface area contributed by atoms with Gasteiger partial charge in [0.15, 0.2) is 5.65 Å². The van der Waals surface area contributed by atoms with E-state index < -0.39 is 35.3 Å². The number of carbonyl (C=O) groups excluding carboxylic acids is 1. The normalized spacial score (nSPS) is 11.1. The minimum Gasteiger partial charge on any atom is -0.506 e. The Kier molecular flexibility index (Phi) is 4.23. The minimum absolute atomic E-state index is 0.0908. The number of aryl methyl sites for hydroxylation is 1. The summed E-state index contributed by atoms with van der Waals surface area (Å²) in [7, 11) is 1.40. The van der Waals surface area contributed by atoms with Crippen LogP contribution in [0.4, 0.5) is 0 Å². The molecule has 0 radical (unpaired) electrons. The molecule has 29 heavy (non-hydrogen) atoms. The van der Waals surface area contributed by atoms with Crippen molar-refractivity contribution in [2.75, 3.05) is 6.54 Å². The number of hydrogen-bond donors (Lipinski definition) is 3. The number of hydrogen-bond acceptors (Lipinski definition) is 6. The summed E-state index contributed by atoms with van der Waals surface area (Å²) in [6.45, 7) is -0.684. The van der Waals surface area contributed by atoms with E-state index in [1.807, 2.05) is 36.7 Å². The van der Waals surface area contributed by atoms with Crippen molar-refractivity contribution >= 4 is 33.7 Å². The molecular formula is C19H15N5O5. The molecule has 1 aromatic carbocycles. The molecule has 0 aliphatic carbocycles. The SMILES string of the molecule is Cn1c(=O)c(C(=O)NCC(=O)O)c(O)c2cnc(-n3cc4ccccc4c3)nc21. The first-order valence-corrected chi connectivity index (χ1v) is 8.52. The van der Waals surface area contributed by atoms with Gasteiger partial charge in [-0.1, -0.05) is 24.3 Å². The highest BCUT2D eigenvalue weighted by molar-refractivity contribution is 6.02. The number of pyridine rings is 1. The van der Waals surface area contributed by atoms with Crippen LogP contribution in [0.5, 0.6) is 5.75 Å². The minimum atomic E-state index is -1.28. The molecule has 4 rings (SSSR count). The predicted molar refractivity (Wildman–Crippen MR) is 103 cm³/mol. The summed E-state index contributed by atoms with van der Waals surface area (Å²) >= 11 is 0. The average molecular weight is 393 g/mol. The van der Waals surface area contributed by atoms with Crippen LogP contribution < -0.4 is 10.9 Å². The number of aromatic hydroxyl groups is 1. The van der Waals surface area contributed by atoms with Crippen molar-refractivity contribution in [2.24, 2.45) is 7.05 Å². The Bertz CT molecular complexity index is 1320. The van der Waals surface area contributed by atoms with Crippen LogP contribution in [0.2, 0.25) is 0 Å². The number of carboxylic acids is 1. The monoisotopic (exact) mass is 393 g/mol. The van der Waals surface area contributed by atoms with E-state index >= 15 is 0 Å². The van der Waals surface area contributed by atoms with E-state index in [-0.39, 0.29) is 17.0 Å². The fourth-order valence-corrected chi connectivity index (χ4v) is 3.06. The van der Waals surface area contributed by atoms with Gasteiger partial charge in [-0.2, -0.15) is 4.98 Å². The number of nitrogens with one attached hydrogen (secondary N) is 1. The van der Waals surface area contributed by atoms with Crippen LogP contribution in [0.25, 0.3) is 27.8 Å². The molecule has 1 amide bonds. The molecular weight excluding hydrogens is 378 g/mol. The van der Waals surface area contributed by atoms with Crippen molar-refractivity contribution < 1.29 is 19.8 Å². The van der Waals surface area contributed by atoms with E-state index in [1.165, 1.54) is 13.2 Å². The summed E-state index contributed by atoms with van der Waals surface area (Å²) in [5.74, 6) is -2.59. The molecule has 10 nitrogen and oxygen atoms in total. The molecule has 10 heteroatoms. The zero-order valence-electron chi connectivity index (χ0n) is 15.2. The molecule has 0 atom stereocenters. The van der Waals surface area contributed by atoms with Crippen LogP contribution in [0.1, 0.15) is 10.4 Å². The van der Waals surface area contributed by atoms with E-state index in [9.17, 15) is 19.5 Å². The lowest BCUT2D eigenvalue weighted by atomic mass is 10.1. The molecule has 0 unspecified atom stereocenters. The predicted octanol–water partition coefficient (Wildman–Crippen LogP) is 0.792. The Hall–Kier alpha value is -4.21. The highest BCUT2D eigenvalue weighted by Crippen LogP contribution is 2.25. The highest BCUT2D eigenvalue weighted by atomic mass is 16.4. The van der Waals surface area contributed by atoms with Crippen LogP contribution in [0.15, 0.2) is 47.7 Å². The van der Waals surface area contributed by atoms with Crippen LogP contribution in [0.3, 0.4) is 0 Å². The molecule has 4 aromatic rings. The van der Waals surface area contributed by atoms with Gasteiger partial charge in [0.1, 0.15) is 17.9 Å². The number of fused-ring (bicyclic) bond motifs is 2. The number of carbonyl (C=O) groups is 2. The summed E-state index contributed by atoms with van der Waals surface area (Å²) in [4.78, 5) is 44.0. The van der Waals surface area contributed by atoms with E-state index in [2.05, 4.69) is 15.3 Å². The van der Waals surface area contributed by atoms with E-state index in [4.69, 9.17) is 5.11 Å². The Morgan fingerprint density at radius 1 is 1.17 bits per heavy atom. The lowest BCUT2D eigenvalue weighted by molar-refractivity contribution is -0.135. The fraction of sp³-hybridized carbons (Fsp3) is 0.105. The summed E-state index contributed by atoms with van der Waals surface area (Å²) in [6, 6.07) is 7.70. The highest BCUT2D eigenvalue weighted by Gasteiger charge is 2.23. The molecule has 0 fully saturated rings. The second kappa shape index (κ2) is 6.75. The van der Waals surface area contributed by atoms with Crippen molar-refractivity contribution in [3.8, 4) is 11.7 Å². The first kappa shape index (κ1) is 18.2. The number of amides is 1. The number of rotatable bonds is 4. The molecule has 0 spiro atoms. The fourth-order valence-electron chi connectivity index (χ4n) is 3.06. The Labute approximate surface area is 162 Å². The number of aromatic nitrogens is 4. The maximum Gasteiger partial charge on any atom is 0.322 e. The molecule has 0 saturated carbocycles. The Morgan fingerprint density at radius 2 is 1.83 bits per heavy atom. The second-order valence-electron chi connectivity index (χ2n) is 6.37. The first-order valence-electron chi connectivity index (χ1n) is 8.52. The van der Waals surface area contributed by atoms with Gasteiger partial charge < -0.3 is 15.5 Å². The van der Waals surface area contributed by atoms with Crippen molar-refractivity contribution in [3.63, 3.8) is 0 Å². The van der Waals surface area contributed by atoms with E-state index in [0.29, 0.717) is 0 Å². The third-order valence-electron chi connectivity index (χ3n) is 4.49. The van der Waals surface area contributed by atoms with E-state index in [0.717, 1.165) is 15.3 Å². The molecule has 3 aromatic heterocycles. The summed E-state index contributed by atoms with van der Waals surface area (Å²) < 4.78 is 2.80. The zero-order chi connectivity index (χ0) is 20.7.